The average Bonchev–Trinajstić information content (AvgIpc) is 3.16. The van der Waals surface area contributed by atoms with E-state index in [1.165, 1.54) is 0 Å². The van der Waals surface area contributed by atoms with E-state index in [-0.39, 0.29) is 17.4 Å². The Labute approximate surface area is 184 Å². The Balaban J connectivity index is 1.62. The number of carbonyl (C=O) groups excluding carboxylic acids is 1. The van der Waals surface area contributed by atoms with Gasteiger partial charge in [-0.25, -0.2) is 9.78 Å². The van der Waals surface area contributed by atoms with E-state index in [0.717, 1.165) is 5.82 Å². The predicted molar refractivity (Wildman–Crippen MR) is 111 cm³/mol. The highest BCUT2D eigenvalue weighted by Crippen LogP contribution is 2.37. The molecule has 1 saturated heterocycles. The molecule has 8 nitrogen and oxygen atoms in total. The van der Waals surface area contributed by atoms with Crippen LogP contribution in [0.15, 0.2) is 22.9 Å². The number of ether oxygens (including phenoxy) is 1. The average molecular weight is 463 g/mol. The summed E-state index contributed by atoms with van der Waals surface area (Å²) in [5.74, 6) is 0.947. The number of halogens is 3. The summed E-state index contributed by atoms with van der Waals surface area (Å²) in [4.78, 5) is 24.5. The minimum Gasteiger partial charge on any atom is -0.449 e. The van der Waals surface area contributed by atoms with Crippen molar-refractivity contribution >= 4 is 46.7 Å². The highest BCUT2D eigenvalue weighted by molar-refractivity contribution is 6.66. The molecule has 0 aromatic carbocycles. The summed E-state index contributed by atoms with van der Waals surface area (Å²) in [6, 6.07) is 3.58. The van der Waals surface area contributed by atoms with Crippen molar-refractivity contribution in [2.75, 3.05) is 37.7 Å². The Morgan fingerprint density at radius 1 is 1.21 bits per heavy atom. The molecule has 11 heteroatoms. The van der Waals surface area contributed by atoms with Crippen LogP contribution in [0.2, 0.25) is 0 Å². The summed E-state index contributed by atoms with van der Waals surface area (Å²) in [5.41, 5.74) is 0.624. The number of nitrogens with zero attached hydrogens (tertiary/aromatic N) is 5. The van der Waals surface area contributed by atoms with E-state index in [1.54, 1.807) is 17.2 Å². The maximum atomic E-state index is 12.2. The van der Waals surface area contributed by atoms with Crippen LogP contribution in [-0.2, 0) is 8.53 Å². The molecule has 0 N–H and O–H groups in total. The third kappa shape index (κ3) is 5.87. The molecule has 158 valence electrons. The van der Waals surface area contributed by atoms with E-state index in [2.05, 4.69) is 20.0 Å². The standard InChI is InChI=1S/C18H22Cl3N5O3/c1-17(2,3)11-28-16(27)26-8-6-25(7-9-26)13-10-12(4-5-22-13)14-23-15(29-24-14)18(19,20)21/h4-5,10H,6-9,11H2,1-3H3. The largest absolute Gasteiger partial charge is 0.449 e. The van der Waals surface area contributed by atoms with E-state index >= 15 is 0 Å². The molecule has 2 aromatic heterocycles. The number of alkyl halides is 3. The predicted octanol–water partition coefficient (Wildman–Crippen LogP) is 4.26. The van der Waals surface area contributed by atoms with Crippen molar-refractivity contribution in [3.63, 3.8) is 0 Å². The van der Waals surface area contributed by atoms with Crippen molar-refractivity contribution in [1.82, 2.24) is 20.0 Å². The third-order valence-corrected chi connectivity index (χ3v) is 4.65. The second-order valence-corrected chi connectivity index (χ2v) is 10.2. The summed E-state index contributed by atoms with van der Waals surface area (Å²) in [7, 11) is 0. The van der Waals surface area contributed by atoms with Crippen LogP contribution in [0.5, 0.6) is 0 Å². The van der Waals surface area contributed by atoms with Crippen LogP contribution in [0.4, 0.5) is 10.6 Å². The van der Waals surface area contributed by atoms with Crippen LogP contribution in [-0.4, -0.2) is 58.9 Å². The molecule has 0 bridgehead atoms. The number of piperazine rings is 1. The monoisotopic (exact) mass is 461 g/mol. The van der Waals surface area contributed by atoms with Crippen molar-refractivity contribution in [3.8, 4) is 11.4 Å². The molecular weight excluding hydrogens is 441 g/mol. The number of hydrogen-bond acceptors (Lipinski definition) is 7. The van der Waals surface area contributed by atoms with Crippen LogP contribution < -0.4 is 4.90 Å². The number of anilines is 1. The second kappa shape index (κ2) is 8.53. The van der Waals surface area contributed by atoms with Crippen molar-refractivity contribution < 1.29 is 14.1 Å². The van der Waals surface area contributed by atoms with Gasteiger partial charge in [0.1, 0.15) is 5.82 Å². The Hall–Kier alpha value is -1.77. The van der Waals surface area contributed by atoms with Crippen LogP contribution in [0.3, 0.4) is 0 Å². The van der Waals surface area contributed by atoms with Crippen LogP contribution in [0.25, 0.3) is 11.4 Å². The Bertz CT molecular complexity index is 855. The summed E-state index contributed by atoms with van der Waals surface area (Å²) in [6.45, 7) is 8.82. The lowest BCUT2D eigenvalue weighted by Crippen LogP contribution is -2.49. The molecular formula is C18H22Cl3N5O3. The second-order valence-electron chi connectivity index (χ2n) is 7.91. The highest BCUT2D eigenvalue weighted by Gasteiger charge is 2.31. The van der Waals surface area contributed by atoms with E-state index in [9.17, 15) is 4.79 Å². The molecule has 0 radical (unpaired) electrons. The molecule has 1 fully saturated rings. The fraction of sp³-hybridized carbons (Fsp3) is 0.556. The summed E-state index contributed by atoms with van der Waals surface area (Å²) in [5, 5.41) is 3.86. The van der Waals surface area contributed by atoms with Gasteiger partial charge >= 0.3 is 6.09 Å². The van der Waals surface area contributed by atoms with Gasteiger partial charge < -0.3 is 19.1 Å². The maximum Gasteiger partial charge on any atom is 0.409 e. The van der Waals surface area contributed by atoms with Gasteiger partial charge in [-0.05, 0) is 17.5 Å². The fourth-order valence-corrected chi connectivity index (χ4v) is 2.90. The molecule has 0 aliphatic carbocycles. The summed E-state index contributed by atoms with van der Waals surface area (Å²) >= 11 is 17.3. The smallest absolute Gasteiger partial charge is 0.409 e. The van der Waals surface area contributed by atoms with Crippen molar-refractivity contribution in [1.29, 1.82) is 0 Å². The van der Waals surface area contributed by atoms with Gasteiger partial charge in [0.2, 0.25) is 5.82 Å². The number of carbonyl (C=O) groups is 1. The first-order chi connectivity index (χ1) is 13.5. The molecule has 0 saturated carbocycles. The molecule has 1 aliphatic heterocycles. The first-order valence-corrected chi connectivity index (χ1v) is 10.2. The van der Waals surface area contributed by atoms with Crippen LogP contribution in [0, 0.1) is 5.41 Å². The quantitative estimate of drug-likeness (QED) is 0.630. The lowest BCUT2D eigenvalue weighted by Gasteiger charge is -2.35. The Morgan fingerprint density at radius 2 is 1.90 bits per heavy atom. The summed E-state index contributed by atoms with van der Waals surface area (Å²) in [6.07, 6.45) is 1.37. The molecule has 29 heavy (non-hydrogen) atoms. The normalized spacial score (nSPS) is 15.5. The van der Waals surface area contributed by atoms with E-state index in [1.807, 2.05) is 26.8 Å². The molecule has 1 aliphatic rings. The number of hydrogen-bond donors (Lipinski definition) is 0. The van der Waals surface area contributed by atoms with Crippen LogP contribution >= 0.6 is 34.8 Å². The fourth-order valence-electron chi connectivity index (χ4n) is 2.67. The lowest BCUT2D eigenvalue weighted by atomic mass is 9.99. The van der Waals surface area contributed by atoms with Gasteiger partial charge in [-0.1, -0.05) is 60.7 Å². The molecule has 2 aromatic rings. The van der Waals surface area contributed by atoms with Gasteiger partial charge in [0.25, 0.3) is 9.68 Å². The van der Waals surface area contributed by atoms with Gasteiger partial charge in [-0.15, -0.1) is 0 Å². The van der Waals surface area contributed by atoms with Crippen molar-refractivity contribution in [2.45, 2.75) is 24.6 Å². The molecule has 3 rings (SSSR count). The molecule has 0 spiro atoms. The zero-order valence-electron chi connectivity index (χ0n) is 16.4. The van der Waals surface area contributed by atoms with Crippen molar-refractivity contribution in [2.24, 2.45) is 5.41 Å². The number of pyridine rings is 1. The minimum atomic E-state index is -1.78. The molecule has 0 atom stereocenters. The third-order valence-electron chi connectivity index (χ3n) is 4.16. The van der Waals surface area contributed by atoms with Crippen molar-refractivity contribution in [3.05, 3.63) is 24.2 Å². The molecule has 1 amide bonds. The van der Waals surface area contributed by atoms with Gasteiger partial charge in [0, 0.05) is 37.9 Å². The first-order valence-electron chi connectivity index (χ1n) is 9.07. The van der Waals surface area contributed by atoms with Crippen LogP contribution in [0.1, 0.15) is 26.7 Å². The maximum absolute atomic E-state index is 12.2. The number of aromatic nitrogens is 3. The van der Waals surface area contributed by atoms with Gasteiger partial charge in [-0.2, -0.15) is 4.98 Å². The van der Waals surface area contributed by atoms with E-state index in [4.69, 9.17) is 44.1 Å². The van der Waals surface area contributed by atoms with Gasteiger partial charge in [0.15, 0.2) is 0 Å². The summed E-state index contributed by atoms with van der Waals surface area (Å²) < 4.78 is 8.62. The lowest BCUT2D eigenvalue weighted by molar-refractivity contribution is 0.0707. The highest BCUT2D eigenvalue weighted by atomic mass is 35.6. The zero-order valence-corrected chi connectivity index (χ0v) is 18.6. The first kappa shape index (κ1) is 21.9. The van der Waals surface area contributed by atoms with E-state index in [0.29, 0.717) is 44.2 Å². The topological polar surface area (TPSA) is 84.6 Å². The van der Waals surface area contributed by atoms with E-state index < -0.39 is 3.79 Å². The SMILES string of the molecule is CC(C)(C)COC(=O)N1CCN(c2cc(-c3noc(C(Cl)(Cl)Cl)n3)ccn2)CC1. The zero-order chi connectivity index (χ0) is 21.2. The Kier molecular flexibility index (Phi) is 6.45. The molecule has 3 heterocycles. The number of rotatable bonds is 3. The van der Waals surface area contributed by atoms with Gasteiger partial charge in [0.05, 0.1) is 6.61 Å². The number of amides is 1. The van der Waals surface area contributed by atoms with Gasteiger partial charge in [-0.3, -0.25) is 0 Å². The Morgan fingerprint density at radius 3 is 2.48 bits per heavy atom. The molecule has 0 unspecified atom stereocenters. The minimum absolute atomic E-state index is 0.0626.